The van der Waals surface area contributed by atoms with Gasteiger partial charge in [0.15, 0.2) is 5.82 Å². The number of ether oxygens (including phenoxy) is 1. The highest BCUT2D eigenvalue weighted by Crippen LogP contribution is 2.40. The number of anilines is 1. The summed E-state index contributed by atoms with van der Waals surface area (Å²) in [6.07, 6.45) is 6.66. The van der Waals surface area contributed by atoms with Crippen LogP contribution in [0.2, 0.25) is 0 Å². The molecule has 31 heavy (non-hydrogen) atoms. The van der Waals surface area contributed by atoms with Gasteiger partial charge in [0.2, 0.25) is 5.91 Å². The number of aromatic nitrogens is 5. The van der Waals surface area contributed by atoms with Crippen molar-refractivity contribution < 1.29 is 14.3 Å². The molecular formula is C22H26N6O3. The molecule has 1 fully saturated rings. The summed E-state index contributed by atoms with van der Waals surface area (Å²) in [5, 5.41) is 11.5. The zero-order chi connectivity index (χ0) is 22.2. The van der Waals surface area contributed by atoms with Crippen LogP contribution in [0.5, 0.6) is 0 Å². The van der Waals surface area contributed by atoms with E-state index in [0.717, 1.165) is 34.3 Å². The molecule has 0 saturated heterocycles. The Morgan fingerprint density at radius 1 is 1.26 bits per heavy atom. The first-order chi connectivity index (χ1) is 14.7. The molecule has 1 amide bonds. The second-order valence-corrected chi connectivity index (χ2v) is 8.83. The lowest BCUT2D eigenvalue weighted by Gasteiger charge is -2.19. The number of rotatable bonds is 5. The van der Waals surface area contributed by atoms with E-state index in [0.29, 0.717) is 17.6 Å². The molecule has 0 aromatic carbocycles. The van der Waals surface area contributed by atoms with Crippen LogP contribution in [0, 0.1) is 6.92 Å². The van der Waals surface area contributed by atoms with Crippen molar-refractivity contribution in [2.24, 2.45) is 0 Å². The van der Waals surface area contributed by atoms with Crippen LogP contribution in [0.25, 0.3) is 5.82 Å². The van der Waals surface area contributed by atoms with E-state index in [9.17, 15) is 9.59 Å². The number of nitrogens with one attached hydrogen (secondary N) is 1. The average molecular weight is 422 g/mol. The van der Waals surface area contributed by atoms with Crippen molar-refractivity contribution in [1.29, 1.82) is 0 Å². The molecule has 162 valence electrons. The predicted molar refractivity (Wildman–Crippen MR) is 114 cm³/mol. The maximum Gasteiger partial charge on any atom is 0.437 e. The molecule has 1 aliphatic carbocycles. The van der Waals surface area contributed by atoms with Crippen molar-refractivity contribution in [3.8, 4) is 5.82 Å². The van der Waals surface area contributed by atoms with Crippen LogP contribution in [-0.4, -0.2) is 42.1 Å². The van der Waals surface area contributed by atoms with E-state index in [1.54, 1.807) is 50.1 Å². The molecule has 0 spiro atoms. The fraction of sp³-hybridized carbons (Fsp3) is 0.409. The Balaban J connectivity index is 1.48. The average Bonchev–Trinajstić information content (AvgIpc) is 3.28. The van der Waals surface area contributed by atoms with E-state index in [1.165, 1.54) is 0 Å². The third-order valence-electron chi connectivity index (χ3n) is 4.69. The summed E-state index contributed by atoms with van der Waals surface area (Å²) in [5.74, 6) is 1.06. The minimum absolute atomic E-state index is 0.101. The number of hydrogen-bond acceptors (Lipinski definition) is 6. The van der Waals surface area contributed by atoms with Crippen LogP contribution < -0.4 is 5.32 Å². The summed E-state index contributed by atoms with van der Waals surface area (Å²) in [6, 6.07) is 5.57. The topological polar surface area (TPSA) is 104 Å². The Labute approximate surface area is 180 Å². The molecule has 4 rings (SSSR count). The fourth-order valence-corrected chi connectivity index (χ4v) is 3.11. The molecule has 9 nitrogen and oxygen atoms in total. The van der Waals surface area contributed by atoms with Crippen LogP contribution in [0.15, 0.2) is 36.8 Å². The summed E-state index contributed by atoms with van der Waals surface area (Å²) in [7, 11) is 0. The number of amides is 1. The van der Waals surface area contributed by atoms with Crippen molar-refractivity contribution in [3.63, 3.8) is 0 Å². The zero-order valence-corrected chi connectivity index (χ0v) is 18.1. The molecule has 3 aromatic heterocycles. The van der Waals surface area contributed by atoms with Crippen LogP contribution >= 0.6 is 0 Å². The SMILES string of the molecule is Cc1ccnc(-n2cc(CC(=O)Nc3cc(C4CC4)nn3C(=O)OC(C)(C)C)cn2)c1. The molecule has 0 unspecified atom stereocenters. The van der Waals surface area contributed by atoms with Gasteiger partial charge in [-0.25, -0.2) is 14.5 Å². The molecule has 1 N–H and O–H groups in total. The summed E-state index contributed by atoms with van der Waals surface area (Å²) in [6.45, 7) is 7.34. The van der Waals surface area contributed by atoms with E-state index in [2.05, 4.69) is 20.5 Å². The van der Waals surface area contributed by atoms with E-state index in [-0.39, 0.29) is 12.3 Å². The largest absolute Gasteiger partial charge is 0.442 e. The third-order valence-corrected chi connectivity index (χ3v) is 4.69. The maximum absolute atomic E-state index is 12.7. The van der Waals surface area contributed by atoms with Crippen LogP contribution in [0.3, 0.4) is 0 Å². The molecule has 0 atom stereocenters. The van der Waals surface area contributed by atoms with Crippen molar-refractivity contribution in [3.05, 3.63) is 53.6 Å². The van der Waals surface area contributed by atoms with Gasteiger partial charge in [-0.05, 0) is 63.8 Å². The quantitative estimate of drug-likeness (QED) is 0.674. The second-order valence-electron chi connectivity index (χ2n) is 8.83. The molecule has 0 radical (unpaired) electrons. The molecule has 3 aromatic rings. The zero-order valence-electron chi connectivity index (χ0n) is 18.1. The lowest BCUT2D eigenvalue weighted by Crippen LogP contribution is -2.29. The van der Waals surface area contributed by atoms with Gasteiger partial charge in [0, 0.05) is 24.4 Å². The number of carbonyl (C=O) groups excluding carboxylic acids is 2. The van der Waals surface area contributed by atoms with Gasteiger partial charge >= 0.3 is 6.09 Å². The van der Waals surface area contributed by atoms with E-state index < -0.39 is 11.7 Å². The van der Waals surface area contributed by atoms with Crippen molar-refractivity contribution in [2.45, 2.75) is 58.5 Å². The summed E-state index contributed by atoms with van der Waals surface area (Å²) in [5.41, 5.74) is 1.93. The minimum Gasteiger partial charge on any atom is -0.442 e. The molecule has 0 bridgehead atoms. The highest BCUT2D eigenvalue weighted by Gasteiger charge is 2.30. The molecule has 0 aliphatic heterocycles. The van der Waals surface area contributed by atoms with Crippen LogP contribution in [0.4, 0.5) is 10.6 Å². The standard InChI is InChI=1S/C22H26N6O3/c1-14-7-8-23-18(9-14)27-13-15(12-24-27)10-20(29)25-19-11-17(16-5-6-16)26-28(19)21(30)31-22(2,3)4/h7-9,11-13,16H,5-6,10H2,1-4H3,(H,25,29). The highest BCUT2D eigenvalue weighted by atomic mass is 16.6. The Bertz CT molecular complexity index is 1120. The summed E-state index contributed by atoms with van der Waals surface area (Å²) < 4.78 is 8.20. The van der Waals surface area contributed by atoms with E-state index in [1.807, 2.05) is 19.1 Å². The molecular weight excluding hydrogens is 396 g/mol. The first-order valence-corrected chi connectivity index (χ1v) is 10.3. The monoisotopic (exact) mass is 422 g/mol. The van der Waals surface area contributed by atoms with Gasteiger partial charge in [-0.1, -0.05) is 0 Å². The maximum atomic E-state index is 12.7. The Morgan fingerprint density at radius 2 is 2.03 bits per heavy atom. The summed E-state index contributed by atoms with van der Waals surface area (Å²) in [4.78, 5) is 29.5. The van der Waals surface area contributed by atoms with Crippen LogP contribution in [-0.2, 0) is 16.0 Å². The first kappa shape index (κ1) is 20.8. The lowest BCUT2D eigenvalue weighted by molar-refractivity contribution is -0.115. The summed E-state index contributed by atoms with van der Waals surface area (Å²) >= 11 is 0. The van der Waals surface area contributed by atoms with E-state index in [4.69, 9.17) is 4.74 Å². The highest BCUT2D eigenvalue weighted by molar-refractivity contribution is 5.93. The Morgan fingerprint density at radius 3 is 2.71 bits per heavy atom. The lowest BCUT2D eigenvalue weighted by atomic mass is 10.2. The second kappa shape index (κ2) is 7.98. The van der Waals surface area contributed by atoms with Gasteiger partial charge < -0.3 is 10.1 Å². The number of hydrogen-bond donors (Lipinski definition) is 1. The normalized spacial score (nSPS) is 13.8. The smallest absolute Gasteiger partial charge is 0.437 e. The van der Waals surface area contributed by atoms with Gasteiger partial charge in [0.1, 0.15) is 11.4 Å². The number of aryl methyl sites for hydroxylation is 1. The molecule has 3 heterocycles. The van der Waals surface area contributed by atoms with Gasteiger partial charge in [0.25, 0.3) is 0 Å². The molecule has 1 saturated carbocycles. The Hall–Kier alpha value is -3.49. The molecule has 1 aliphatic rings. The van der Waals surface area contributed by atoms with Gasteiger partial charge in [0.05, 0.1) is 18.3 Å². The first-order valence-electron chi connectivity index (χ1n) is 10.3. The molecule has 9 heteroatoms. The number of carbonyl (C=O) groups is 2. The Kier molecular flexibility index (Phi) is 5.34. The van der Waals surface area contributed by atoms with Crippen molar-refractivity contribution in [2.75, 3.05) is 5.32 Å². The fourth-order valence-electron chi connectivity index (χ4n) is 3.11. The number of pyridine rings is 1. The number of nitrogens with zero attached hydrogens (tertiary/aromatic N) is 5. The third kappa shape index (κ3) is 5.17. The minimum atomic E-state index is -0.664. The van der Waals surface area contributed by atoms with Gasteiger partial charge in [-0.15, -0.1) is 4.68 Å². The van der Waals surface area contributed by atoms with Gasteiger partial charge in [-0.2, -0.15) is 10.2 Å². The van der Waals surface area contributed by atoms with Crippen molar-refractivity contribution in [1.82, 2.24) is 24.5 Å². The van der Waals surface area contributed by atoms with Crippen molar-refractivity contribution >= 4 is 17.8 Å². The predicted octanol–water partition coefficient (Wildman–Crippen LogP) is 3.61. The van der Waals surface area contributed by atoms with E-state index >= 15 is 0 Å². The van der Waals surface area contributed by atoms with Crippen LogP contribution in [0.1, 0.15) is 56.4 Å². The van der Waals surface area contributed by atoms with Gasteiger partial charge in [-0.3, -0.25) is 4.79 Å².